The lowest BCUT2D eigenvalue weighted by molar-refractivity contribution is -0.305. The Balaban J connectivity index is 2.05. The summed E-state index contributed by atoms with van der Waals surface area (Å²) >= 11 is 0. The molecule has 0 aliphatic carbocycles. The number of fused-ring (bicyclic) bond motifs is 1. The van der Waals surface area contributed by atoms with Gasteiger partial charge in [0, 0.05) is 11.1 Å². The molecular weight excluding hydrogens is 398 g/mol. The number of carbonyl (C=O) groups excluding carboxylic acids is 3. The lowest BCUT2D eigenvalue weighted by Gasteiger charge is -2.28. The van der Waals surface area contributed by atoms with Gasteiger partial charge in [-0.15, -0.1) is 0 Å². The first-order valence-electron chi connectivity index (χ1n) is 10.1. The van der Waals surface area contributed by atoms with E-state index in [9.17, 15) is 19.5 Å². The van der Waals surface area contributed by atoms with Gasteiger partial charge in [0.1, 0.15) is 0 Å². The van der Waals surface area contributed by atoms with Crippen molar-refractivity contribution in [1.29, 1.82) is 0 Å². The van der Waals surface area contributed by atoms with Gasteiger partial charge >= 0.3 is 0 Å². The number of carbonyl (C=O) groups is 3. The highest BCUT2D eigenvalue weighted by Gasteiger charge is 2.34. The minimum Gasteiger partial charge on any atom is -0.548 e. The molecule has 2 aromatic rings. The number of aliphatic carboxylic acids is 1. The van der Waals surface area contributed by atoms with Crippen LogP contribution in [0.3, 0.4) is 0 Å². The first-order valence-corrected chi connectivity index (χ1v) is 10.1. The Bertz CT molecular complexity index is 1040. The van der Waals surface area contributed by atoms with Crippen LogP contribution in [-0.2, 0) is 9.59 Å². The van der Waals surface area contributed by atoms with E-state index in [1.165, 1.54) is 0 Å². The van der Waals surface area contributed by atoms with Crippen LogP contribution >= 0.6 is 0 Å². The smallest absolute Gasteiger partial charge is 0.261 e. The van der Waals surface area contributed by atoms with Crippen molar-refractivity contribution in [3.8, 4) is 11.5 Å². The van der Waals surface area contributed by atoms with Crippen molar-refractivity contribution in [2.24, 2.45) is 5.92 Å². The maximum absolute atomic E-state index is 13.0. The third-order valence-corrected chi connectivity index (χ3v) is 4.61. The van der Waals surface area contributed by atoms with Crippen LogP contribution in [0.5, 0.6) is 11.5 Å². The fraction of sp³-hybridized carbons (Fsp3) is 0.292. The number of ether oxygens (including phenoxy) is 2. The number of amides is 2. The highest BCUT2D eigenvalue weighted by molar-refractivity contribution is 6.34. The highest BCUT2D eigenvalue weighted by Crippen LogP contribution is 2.33. The molecule has 2 aromatic carbocycles. The van der Waals surface area contributed by atoms with Gasteiger partial charge in [0.25, 0.3) is 11.8 Å². The van der Waals surface area contributed by atoms with Crippen LogP contribution in [0.1, 0.15) is 42.3 Å². The van der Waals surface area contributed by atoms with Gasteiger partial charge in [-0.05, 0) is 48.2 Å². The molecular formula is C24H24NO6-. The second-order valence-electron chi connectivity index (χ2n) is 7.52. The van der Waals surface area contributed by atoms with Crippen molar-refractivity contribution in [2.45, 2.75) is 20.8 Å². The van der Waals surface area contributed by atoms with Gasteiger partial charge in [-0.2, -0.15) is 0 Å². The van der Waals surface area contributed by atoms with Crippen LogP contribution in [-0.4, -0.2) is 42.4 Å². The molecule has 0 aromatic heterocycles. The number of carboxylic acids is 1. The fourth-order valence-electron chi connectivity index (χ4n) is 3.24. The summed E-state index contributed by atoms with van der Waals surface area (Å²) in [5, 5.41) is 11.1. The Morgan fingerprint density at radius 2 is 1.74 bits per heavy atom. The maximum atomic E-state index is 13.0. The van der Waals surface area contributed by atoms with Gasteiger partial charge in [-0.1, -0.05) is 38.1 Å². The van der Waals surface area contributed by atoms with Crippen molar-refractivity contribution in [3.63, 3.8) is 0 Å². The quantitative estimate of drug-likeness (QED) is 0.479. The van der Waals surface area contributed by atoms with E-state index in [1.807, 2.05) is 20.8 Å². The molecule has 0 bridgehead atoms. The van der Waals surface area contributed by atoms with E-state index in [4.69, 9.17) is 9.47 Å². The molecule has 162 valence electrons. The molecule has 0 unspecified atom stereocenters. The molecule has 1 heterocycles. The van der Waals surface area contributed by atoms with Crippen LogP contribution in [0.25, 0.3) is 11.6 Å². The molecule has 0 N–H and O–H groups in total. The Morgan fingerprint density at radius 1 is 1.03 bits per heavy atom. The molecule has 3 rings (SSSR count). The lowest BCUT2D eigenvalue weighted by Crippen LogP contribution is -2.47. The zero-order valence-corrected chi connectivity index (χ0v) is 17.7. The average Bonchev–Trinajstić information content (AvgIpc) is 2.73. The maximum Gasteiger partial charge on any atom is 0.261 e. The second-order valence-corrected chi connectivity index (χ2v) is 7.52. The Labute approximate surface area is 180 Å². The first kappa shape index (κ1) is 22.1. The Hall–Kier alpha value is -3.61. The summed E-state index contributed by atoms with van der Waals surface area (Å²) in [6.45, 7) is 6.12. The van der Waals surface area contributed by atoms with E-state index < -0.39 is 24.3 Å². The standard InChI is InChI=1S/C24H25NO6/c1-4-30-21-12-16(9-10-20(21)31-14-15(2)3)11-19-17-7-5-6-8-18(17)23(28)25(24(19)29)13-22(26)27/h5-12,15H,4,13-14H2,1-3H3,(H,26,27)/p-1/b19-11-. The summed E-state index contributed by atoms with van der Waals surface area (Å²) in [5.74, 6) is -1.37. The van der Waals surface area contributed by atoms with E-state index in [1.54, 1.807) is 48.5 Å². The Kier molecular flexibility index (Phi) is 6.74. The number of hydrogen-bond acceptors (Lipinski definition) is 6. The number of hydrogen-bond donors (Lipinski definition) is 0. The molecule has 0 spiro atoms. The Morgan fingerprint density at radius 3 is 2.39 bits per heavy atom. The number of nitrogens with zero attached hydrogens (tertiary/aromatic N) is 1. The van der Waals surface area contributed by atoms with E-state index in [2.05, 4.69) is 0 Å². The second kappa shape index (κ2) is 9.47. The van der Waals surface area contributed by atoms with E-state index in [0.717, 1.165) is 0 Å². The zero-order valence-electron chi connectivity index (χ0n) is 17.7. The fourth-order valence-corrected chi connectivity index (χ4v) is 3.24. The monoisotopic (exact) mass is 422 g/mol. The lowest BCUT2D eigenvalue weighted by atomic mass is 9.92. The molecule has 2 amide bonds. The average molecular weight is 422 g/mol. The molecule has 0 atom stereocenters. The third kappa shape index (κ3) is 4.94. The minimum absolute atomic E-state index is 0.217. The normalized spacial score (nSPS) is 14.7. The van der Waals surface area contributed by atoms with E-state index in [-0.39, 0.29) is 11.1 Å². The van der Waals surface area contributed by atoms with Crippen molar-refractivity contribution in [3.05, 3.63) is 59.2 Å². The summed E-state index contributed by atoms with van der Waals surface area (Å²) in [5.41, 5.74) is 1.58. The molecule has 7 nitrogen and oxygen atoms in total. The number of rotatable bonds is 8. The summed E-state index contributed by atoms with van der Waals surface area (Å²) in [6.07, 6.45) is 1.62. The van der Waals surface area contributed by atoms with Crippen molar-refractivity contribution in [2.75, 3.05) is 19.8 Å². The third-order valence-electron chi connectivity index (χ3n) is 4.61. The predicted molar refractivity (Wildman–Crippen MR) is 113 cm³/mol. The minimum atomic E-state index is -1.51. The van der Waals surface area contributed by atoms with E-state index >= 15 is 0 Å². The van der Waals surface area contributed by atoms with Gasteiger partial charge < -0.3 is 19.4 Å². The summed E-state index contributed by atoms with van der Waals surface area (Å²) in [4.78, 5) is 37.4. The number of benzene rings is 2. The number of carboxylic acid groups (broad SMARTS) is 1. The largest absolute Gasteiger partial charge is 0.548 e. The van der Waals surface area contributed by atoms with Crippen molar-refractivity contribution >= 4 is 29.4 Å². The van der Waals surface area contributed by atoms with Crippen LogP contribution in [0.15, 0.2) is 42.5 Å². The van der Waals surface area contributed by atoms with Crippen LogP contribution < -0.4 is 14.6 Å². The molecule has 7 heteroatoms. The molecule has 0 saturated heterocycles. The summed E-state index contributed by atoms with van der Waals surface area (Å²) in [7, 11) is 0. The van der Waals surface area contributed by atoms with E-state index in [0.29, 0.717) is 46.7 Å². The zero-order chi connectivity index (χ0) is 22.5. The molecule has 0 saturated carbocycles. The topological polar surface area (TPSA) is 96.0 Å². The van der Waals surface area contributed by atoms with Gasteiger partial charge in [0.2, 0.25) is 0 Å². The summed E-state index contributed by atoms with van der Waals surface area (Å²) in [6, 6.07) is 11.9. The summed E-state index contributed by atoms with van der Waals surface area (Å²) < 4.78 is 11.5. The highest BCUT2D eigenvalue weighted by atomic mass is 16.5. The van der Waals surface area contributed by atoms with Gasteiger partial charge in [0.15, 0.2) is 11.5 Å². The van der Waals surface area contributed by atoms with Crippen molar-refractivity contribution in [1.82, 2.24) is 4.90 Å². The van der Waals surface area contributed by atoms with Crippen LogP contribution in [0.4, 0.5) is 0 Å². The SMILES string of the molecule is CCOc1cc(/C=C2\C(=O)N(CC(=O)[O-])C(=O)c3ccccc32)ccc1OCC(C)C. The molecule has 31 heavy (non-hydrogen) atoms. The number of imide groups is 1. The molecule has 1 aliphatic rings. The first-order chi connectivity index (χ1) is 14.8. The van der Waals surface area contributed by atoms with Gasteiger partial charge in [-0.25, -0.2) is 0 Å². The van der Waals surface area contributed by atoms with Gasteiger partial charge in [0.05, 0.1) is 25.7 Å². The van der Waals surface area contributed by atoms with Crippen molar-refractivity contribution < 1.29 is 29.0 Å². The molecule has 0 fully saturated rings. The van der Waals surface area contributed by atoms with Crippen LogP contribution in [0.2, 0.25) is 0 Å². The predicted octanol–water partition coefficient (Wildman–Crippen LogP) is 2.39. The van der Waals surface area contributed by atoms with Gasteiger partial charge in [-0.3, -0.25) is 14.5 Å². The molecule has 1 aliphatic heterocycles. The van der Waals surface area contributed by atoms with Crippen LogP contribution in [0, 0.1) is 5.92 Å². The molecule has 0 radical (unpaired) electrons.